The van der Waals surface area contributed by atoms with Crippen molar-refractivity contribution in [1.82, 2.24) is 9.97 Å². The quantitative estimate of drug-likeness (QED) is 0.229. The standard InChI is InChI=1S/C18H24N2.2CHF3O3S.Pt/c1-17(2,3)13-7-9-19-15(11-13)16-12-14(8-10-20-16)18(4,5)6;2*2-1(3,4)8(5,6)7;/h7-12H,1-6H3;2*(H,5,6,7);/q;;;+2/p-2. The van der Waals surface area contributed by atoms with Crippen LogP contribution in [0.3, 0.4) is 0 Å². The Hall–Kier alpha value is -1.61. The molecule has 0 amide bonds. The molecule has 0 aliphatic heterocycles. The fourth-order valence-corrected chi connectivity index (χ4v) is 2.07. The van der Waals surface area contributed by atoms with Crippen LogP contribution in [-0.2, 0) is 52.1 Å². The molecule has 0 unspecified atom stereocenters. The predicted molar refractivity (Wildman–Crippen MR) is 116 cm³/mol. The minimum absolute atomic E-state index is 0. The molecule has 0 spiro atoms. The van der Waals surface area contributed by atoms with Crippen LogP contribution in [0.4, 0.5) is 26.3 Å². The molecule has 17 heteroatoms. The SMILES string of the molecule is CC(C)(C)c1ccnc(-c2cc(C(C)(C)C)ccn2)c1.O=S(=O)([O-])C(F)(F)F.O=S(=O)([O-])C(F)(F)F.[Pt+2]. The van der Waals surface area contributed by atoms with E-state index >= 15 is 0 Å². The second-order valence-corrected chi connectivity index (χ2v) is 11.9. The Bertz CT molecular complexity index is 1140. The Kier molecular flexibility index (Phi) is 13.1. The summed E-state index contributed by atoms with van der Waals surface area (Å²) in [5.41, 5.74) is -6.58. The Morgan fingerprint density at radius 3 is 1.00 bits per heavy atom. The van der Waals surface area contributed by atoms with E-state index in [-0.39, 0.29) is 31.9 Å². The number of halogens is 6. The zero-order chi connectivity index (χ0) is 29.0. The fraction of sp³-hybridized carbons (Fsp3) is 0.500. The van der Waals surface area contributed by atoms with Crippen molar-refractivity contribution in [2.24, 2.45) is 0 Å². The van der Waals surface area contributed by atoms with Crippen LogP contribution in [0.15, 0.2) is 36.7 Å². The van der Waals surface area contributed by atoms with Crippen LogP contribution in [0.5, 0.6) is 0 Å². The second kappa shape index (κ2) is 13.0. The van der Waals surface area contributed by atoms with Crippen LogP contribution < -0.4 is 0 Å². The van der Waals surface area contributed by atoms with E-state index in [9.17, 15) is 26.3 Å². The summed E-state index contributed by atoms with van der Waals surface area (Å²) in [5, 5.41) is 0. The first kappa shape index (κ1) is 37.5. The minimum atomic E-state index is -6.09. The first-order valence-electron chi connectivity index (χ1n) is 9.65. The van der Waals surface area contributed by atoms with E-state index in [1.807, 2.05) is 12.4 Å². The largest absolute Gasteiger partial charge is 2.00 e. The molecular formula is C20H24F6N2O6PtS2. The van der Waals surface area contributed by atoms with Crippen molar-refractivity contribution < 1.29 is 73.3 Å². The third-order valence-electron chi connectivity index (χ3n) is 4.08. The van der Waals surface area contributed by atoms with Gasteiger partial charge in [-0.1, -0.05) is 41.5 Å². The zero-order valence-corrected chi connectivity index (χ0v) is 24.1. The number of hydrogen-bond acceptors (Lipinski definition) is 8. The van der Waals surface area contributed by atoms with Gasteiger partial charge in [0, 0.05) is 12.4 Å². The van der Waals surface area contributed by atoms with Gasteiger partial charge >= 0.3 is 32.1 Å². The van der Waals surface area contributed by atoms with Crippen molar-refractivity contribution in [3.05, 3.63) is 47.8 Å². The number of rotatable bonds is 1. The van der Waals surface area contributed by atoms with E-state index in [1.165, 1.54) is 11.1 Å². The van der Waals surface area contributed by atoms with Crippen LogP contribution in [0.2, 0.25) is 0 Å². The maximum atomic E-state index is 10.7. The molecule has 2 rings (SSSR count). The molecule has 0 aromatic carbocycles. The molecule has 0 saturated heterocycles. The molecule has 0 atom stereocenters. The molecule has 2 aromatic heterocycles. The Labute approximate surface area is 225 Å². The van der Waals surface area contributed by atoms with Gasteiger partial charge in [-0.15, -0.1) is 0 Å². The predicted octanol–water partition coefficient (Wildman–Crippen LogP) is 4.84. The molecular weight excluding hydrogens is 737 g/mol. The molecule has 0 bridgehead atoms. The number of aromatic nitrogens is 2. The van der Waals surface area contributed by atoms with Crippen LogP contribution in [0, 0.1) is 0 Å². The van der Waals surface area contributed by atoms with Crippen LogP contribution >= 0.6 is 0 Å². The van der Waals surface area contributed by atoms with E-state index in [0.717, 1.165) is 11.4 Å². The average molecular weight is 762 g/mol. The summed E-state index contributed by atoms with van der Waals surface area (Å²) >= 11 is 0. The smallest absolute Gasteiger partial charge is 0.741 e. The van der Waals surface area contributed by atoms with E-state index in [2.05, 4.69) is 75.8 Å². The summed E-state index contributed by atoms with van der Waals surface area (Å²) in [5.74, 6) is 0. The second-order valence-electron chi connectivity index (χ2n) is 9.16. The van der Waals surface area contributed by atoms with Gasteiger partial charge in [-0.3, -0.25) is 9.97 Å². The third-order valence-corrected chi connectivity index (χ3v) is 5.22. The Morgan fingerprint density at radius 1 is 0.622 bits per heavy atom. The van der Waals surface area contributed by atoms with E-state index < -0.39 is 31.3 Å². The van der Waals surface area contributed by atoms with Crippen LogP contribution in [-0.4, -0.2) is 46.9 Å². The van der Waals surface area contributed by atoms with E-state index in [0.29, 0.717) is 0 Å². The monoisotopic (exact) mass is 761 g/mol. The van der Waals surface area contributed by atoms with Gasteiger partial charge in [-0.05, 0) is 46.2 Å². The molecule has 0 radical (unpaired) electrons. The molecule has 37 heavy (non-hydrogen) atoms. The van der Waals surface area contributed by atoms with E-state index in [4.69, 9.17) is 25.9 Å². The first-order chi connectivity index (χ1) is 15.7. The van der Waals surface area contributed by atoms with Gasteiger partial charge in [0.25, 0.3) is 0 Å². The van der Waals surface area contributed by atoms with Gasteiger partial charge < -0.3 is 9.11 Å². The third kappa shape index (κ3) is 13.1. The van der Waals surface area contributed by atoms with Gasteiger partial charge in [0.2, 0.25) is 0 Å². The normalized spacial score (nSPS) is 12.8. The Balaban J connectivity index is 0. The van der Waals surface area contributed by atoms with E-state index in [1.54, 1.807) is 0 Å². The van der Waals surface area contributed by atoms with Crippen molar-refractivity contribution in [1.29, 1.82) is 0 Å². The van der Waals surface area contributed by atoms with Crippen molar-refractivity contribution in [3.8, 4) is 11.4 Å². The summed E-state index contributed by atoms with van der Waals surface area (Å²) in [6.07, 6.45) is 3.75. The molecule has 0 aliphatic carbocycles. The summed E-state index contributed by atoms with van der Waals surface area (Å²) in [7, 11) is -12.2. The molecule has 8 nitrogen and oxygen atoms in total. The van der Waals surface area contributed by atoms with Gasteiger partial charge in [-0.2, -0.15) is 26.3 Å². The maximum Gasteiger partial charge on any atom is 2.00 e. The fourth-order valence-electron chi connectivity index (χ4n) is 2.07. The van der Waals surface area contributed by atoms with Gasteiger partial charge in [0.15, 0.2) is 20.2 Å². The first-order valence-corrected chi connectivity index (χ1v) is 12.5. The molecule has 2 heterocycles. The zero-order valence-electron chi connectivity index (χ0n) is 20.2. The van der Waals surface area contributed by atoms with Gasteiger partial charge in [0.05, 0.1) is 11.4 Å². The van der Waals surface area contributed by atoms with Crippen molar-refractivity contribution in [2.75, 3.05) is 0 Å². The van der Waals surface area contributed by atoms with Gasteiger partial charge in [0.1, 0.15) is 0 Å². The van der Waals surface area contributed by atoms with Crippen molar-refractivity contribution in [2.45, 2.75) is 63.4 Å². The minimum Gasteiger partial charge on any atom is -0.741 e. The van der Waals surface area contributed by atoms with Crippen LogP contribution in [0.25, 0.3) is 11.4 Å². The van der Waals surface area contributed by atoms with Crippen molar-refractivity contribution >= 4 is 20.2 Å². The van der Waals surface area contributed by atoms with Gasteiger partial charge in [-0.25, -0.2) is 16.8 Å². The molecule has 214 valence electrons. The summed E-state index contributed by atoms with van der Waals surface area (Å²) in [6.45, 7) is 13.3. The Morgan fingerprint density at radius 2 is 0.838 bits per heavy atom. The molecule has 0 aliphatic rings. The molecule has 0 fully saturated rings. The molecule has 0 saturated carbocycles. The summed E-state index contributed by atoms with van der Waals surface area (Å²) in [6, 6.07) is 8.46. The average Bonchev–Trinajstić information content (AvgIpc) is 2.65. The molecule has 0 N–H and O–H groups in total. The maximum absolute atomic E-state index is 10.7. The number of nitrogens with zero attached hydrogens (tertiary/aromatic N) is 2. The summed E-state index contributed by atoms with van der Waals surface area (Å²) in [4.78, 5) is 8.97. The number of pyridine rings is 2. The topological polar surface area (TPSA) is 140 Å². The number of hydrogen-bond donors (Lipinski definition) is 0. The molecule has 2 aromatic rings. The van der Waals surface area contributed by atoms with Crippen molar-refractivity contribution in [3.63, 3.8) is 0 Å². The number of alkyl halides is 6. The summed E-state index contributed by atoms with van der Waals surface area (Å²) < 4.78 is 118. The van der Waals surface area contributed by atoms with Crippen LogP contribution in [0.1, 0.15) is 52.7 Å².